The first-order chi connectivity index (χ1) is 9.81. The van der Waals surface area contributed by atoms with Gasteiger partial charge in [-0.2, -0.15) is 0 Å². The van der Waals surface area contributed by atoms with Gasteiger partial charge in [0.15, 0.2) is 0 Å². The number of benzene rings is 1. The molecule has 9 heteroatoms. The Morgan fingerprint density at radius 1 is 1.14 bits per heavy atom. The summed E-state index contributed by atoms with van der Waals surface area (Å²) in [4.78, 5) is 23.0. The Morgan fingerprint density at radius 3 is 2.29 bits per heavy atom. The molecule has 0 aliphatic heterocycles. The van der Waals surface area contributed by atoms with Crippen LogP contribution in [0, 0.1) is 0 Å². The lowest BCUT2D eigenvalue weighted by Gasteiger charge is -2.14. The van der Waals surface area contributed by atoms with Gasteiger partial charge in [-0.05, 0) is 37.9 Å². The average Bonchev–Trinajstić information content (AvgIpc) is 2.46. The van der Waals surface area contributed by atoms with Gasteiger partial charge >= 0.3 is 11.9 Å². The Morgan fingerprint density at radius 2 is 1.76 bits per heavy atom. The molecule has 114 valence electrons. The van der Waals surface area contributed by atoms with Crippen molar-refractivity contribution in [2.75, 3.05) is 19.5 Å². The van der Waals surface area contributed by atoms with Gasteiger partial charge in [-0.3, -0.25) is 0 Å². The van der Waals surface area contributed by atoms with Crippen molar-refractivity contribution in [3.05, 3.63) is 36.8 Å². The highest BCUT2D eigenvalue weighted by atomic mass is 79.9. The van der Waals surface area contributed by atoms with Crippen LogP contribution in [0.5, 0.6) is 0 Å². The van der Waals surface area contributed by atoms with E-state index in [2.05, 4.69) is 46.7 Å². The van der Waals surface area contributed by atoms with Crippen LogP contribution in [-0.2, 0) is 19.1 Å². The number of hydrogen-bond acceptors (Lipinski definition) is 5. The monoisotopic (exact) mass is 459 g/mol. The van der Waals surface area contributed by atoms with Crippen molar-refractivity contribution in [3.8, 4) is 0 Å². The minimum absolute atomic E-state index is 0.148. The zero-order chi connectivity index (χ0) is 16.2. The second kappa shape index (κ2) is 8.03. The van der Waals surface area contributed by atoms with Crippen LogP contribution in [0.25, 0.3) is 0 Å². The van der Waals surface area contributed by atoms with E-state index in [1.54, 1.807) is 6.07 Å². The molecule has 0 bridgehead atoms. The first-order valence-corrected chi connectivity index (χ1v) is 7.64. The highest BCUT2D eigenvalue weighted by Gasteiger charge is 2.18. The van der Waals surface area contributed by atoms with Gasteiger partial charge in [-0.25, -0.2) is 9.59 Å². The maximum atomic E-state index is 11.7. The zero-order valence-corrected chi connectivity index (χ0v) is 15.5. The second-order valence-corrected chi connectivity index (χ2v) is 6.01. The number of rotatable bonds is 4. The van der Waals surface area contributed by atoms with Gasteiger partial charge < -0.3 is 14.8 Å². The molecule has 0 fully saturated rings. The Labute approximate surface area is 147 Å². The van der Waals surface area contributed by atoms with Crippen LogP contribution in [-0.4, -0.2) is 26.2 Å². The number of methoxy groups -OCH3 is 2. The summed E-state index contributed by atoms with van der Waals surface area (Å²) in [5, 5.41) is 3.12. The van der Waals surface area contributed by atoms with E-state index in [0.717, 1.165) is 6.08 Å². The third kappa shape index (κ3) is 4.60. The standard InChI is InChI=1S/C12H9Br2Cl2NO4/c1-20-8(18)4-7(12(19)21-2)17-11-6(14)3-5(13)9(15)10(11)16/h3-4,17H,1-2H3/b7-4+. The topological polar surface area (TPSA) is 64.6 Å². The number of carbonyl (C=O) groups is 2. The Hall–Kier alpha value is -0.760. The van der Waals surface area contributed by atoms with E-state index in [1.165, 1.54) is 14.2 Å². The summed E-state index contributed by atoms with van der Waals surface area (Å²) in [6, 6.07) is 1.64. The highest BCUT2D eigenvalue weighted by Crippen LogP contribution is 2.41. The SMILES string of the molecule is COC(=O)/C=C(/Nc1c(Br)cc(Br)c(Cl)c1Cl)C(=O)OC. The van der Waals surface area contributed by atoms with Crippen molar-refractivity contribution in [1.29, 1.82) is 0 Å². The molecule has 1 aromatic carbocycles. The molecule has 0 saturated heterocycles. The van der Waals surface area contributed by atoms with Crippen LogP contribution in [0.1, 0.15) is 0 Å². The zero-order valence-electron chi connectivity index (χ0n) is 10.8. The molecule has 0 aliphatic carbocycles. The third-order valence-electron chi connectivity index (χ3n) is 2.24. The van der Waals surface area contributed by atoms with E-state index in [1.807, 2.05) is 0 Å². The van der Waals surface area contributed by atoms with E-state index in [4.69, 9.17) is 23.2 Å². The molecule has 1 aromatic rings. The summed E-state index contributed by atoms with van der Waals surface area (Å²) in [5.74, 6) is -1.49. The van der Waals surface area contributed by atoms with Crippen LogP contribution < -0.4 is 5.32 Å². The van der Waals surface area contributed by atoms with Crippen molar-refractivity contribution in [2.24, 2.45) is 0 Å². The predicted molar refractivity (Wildman–Crippen MR) is 87.6 cm³/mol. The molecular weight excluding hydrogens is 453 g/mol. The van der Waals surface area contributed by atoms with Crippen LogP contribution in [0.2, 0.25) is 10.0 Å². The number of halogens is 4. The van der Waals surface area contributed by atoms with Gasteiger partial charge in [0.25, 0.3) is 0 Å². The van der Waals surface area contributed by atoms with Gasteiger partial charge in [0.05, 0.1) is 36.0 Å². The predicted octanol–water partition coefficient (Wildman–Crippen LogP) is 4.16. The first kappa shape index (κ1) is 18.3. The van der Waals surface area contributed by atoms with E-state index < -0.39 is 11.9 Å². The molecule has 0 saturated carbocycles. The van der Waals surface area contributed by atoms with Gasteiger partial charge in [0.1, 0.15) is 5.70 Å². The molecule has 1 N–H and O–H groups in total. The lowest BCUT2D eigenvalue weighted by atomic mass is 10.3. The molecule has 0 radical (unpaired) electrons. The minimum Gasteiger partial charge on any atom is -0.466 e. The van der Waals surface area contributed by atoms with Crippen molar-refractivity contribution in [1.82, 2.24) is 0 Å². The second-order valence-electron chi connectivity index (χ2n) is 3.54. The molecule has 0 heterocycles. The Balaban J connectivity index is 3.28. The van der Waals surface area contributed by atoms with Crippen LogP contribution in [0.3, 0.4) is 0 Å². The van der Waals surface area contributed by atoms with Crippen LogP contribution in [0.15, 0.2) is 26.8 Å². The van der Waals surface area contributed by atoms with E-state index in [9.17, 15) is 9.59 Å². The fourth-order valence-electron chi connectivity index (χ4n) is 1.25. The molecule has 0 amide bonds. The fourth-order valence-corrected chi connectivity index (χ4v) is 3.14. The fraction of sp³-hybridized carbons (Fsp3) is 0.167. The summed E-state index contributed by atoms with van der Waals surface area (Å²) < 4.78 is 10.2. The number of nitrogens with one attached hydrogen (secondary N) is 1. The number of ether oxygens (including phenoxy) is 2. The summed E-state index contributed by atoms with van der Waals surface area (Å²) >= 11 is 18.7. The Kier molecular flexibility index (Phi) is 6.99. The van der Waals surface area contributed by atoms with Gasteiger partial charge in [-0.1, -0.05) is 23.2 Å². The maximum Gasteiger partial charge on any atom is 0.354 e. The maximum absolute atomic E-state index is 11.7. The quantitative estimate of drug-likeness (QED) is 0.316. The van der Waals surface area contributed by atoms with E-state index in [0.29, 0.717) is 14.6 Å². The molecule has 1 rings (SSSR count). The highest BCUT2D eigenvalue weighted by molar-refractivity contribution is 9.11. The number of esters is 2. The van der Waals surface area contributed by atoms with E-state index >= 15 is 0 Å². The summed E-state index contributed by atoms with van der Waals surface area (Å²) in [5.41, 5.74) is 0.163. The molecular formula is C12H9Br2Cl2NO4. The van der Waals surface area contributed by atoms with Gasteiger partial charge in [0, 0.05) is 8.95 Å². The van der Waals surface area contributed by atoms with Crippen LogP contribution in [0.4, 0.5) is 5.69 Å². The smallest absolute Gasteiger partial charge is 0.354 e. The largest absolute Gasteiger partial charge is 0.466 e. The van der Waals surface area contributed by atoms with Crippen molar-refractivity contribution < 1.29 is 19.1 Å². The lowest BCUT2D eigenvalue weighted by molar-refractivity contribution is -0.138. The van der Waals surface area contributed by atoms with Crippen LogP contribution >= 0.6 is 55.1 Å². The normalized spacial score (nSPS) is 11.0. The molecule has 5 nitrogen and oxygen atoms in total. The third-order valence-corrected chi connectivity index (χ3v) is 4.59. The Bertz CT molecular complexity index is 620. The first-order valence-electron chi connectivity index (χ1n) is 5.29. The summed E-state index contributed by atoms with van der Waals surface area (Å²) in [7, 11) is 2.37. The molecule has 0 spiro atoms. The number of hydrogen-bond donors (Lipinski definition) is 1. The number of carbonyl (C=O) groups excluding carboxylic acids is 2. The molecule has 0 aromatic heterocycles. The van der Waals surface area contributed by atoms with Crippen molar-refractivity contribution in [3.63, 3.8) is 0 Å². The number of anilines is 1. The van der Waals surface area contributed by atoms with Crippen molar-refractivity contribution in [2.45, 2.75) is 0 Å². The minimum atomic E-state index is -0.762. The molecule has 0 aliphatic rings. The van der Waals surface area contributed by atoms with E-state index in [-0.39, 0.29) is 15.7 Å². The summed E-state index contributed by atoms with van der Waals surface area (Å²) in [6.07, 6.45) is 0.949. The van der Waals surface area contributed by atoms with Gasteiger partial charge in [0.2, 0.25) is 0 Å². The molecule has 0 atom stereocenters. The molecule has 0 unspecified atom stereocenters. The molecule has 21 heavy (non-hydrogen) atoms. The average molecular weight is 462 g/mol. The summed E-state index contributed by atoms with van der Waals surface area (Å²) in [6.45, 7) is 0. The van der Waals surface area contributed by atoms with Crippen molar-refractivity contribution >= 4 is 72.7 Å². The lowest BCUT2D eigenvalue weighted by Crippen LogP contribution is -2.16. The van der Waals surface area contributed by atoms with Gasteiger partial charge in [-0.15, -0.1) is 0 Å².